The molecule has 0 spiro atoms. The standard InChI is InChI=1S/C18H21ClN4/c19-14-7-3-4-8-15(14)21-17-11-16(12-9-10-12)22-18(23-17)20-13-5-1-2-6-13/h3-4,7-8,11-13H,1-2,5-6,9-10H2,(H2,20,21,22,23). The first-order valence-corrected chi connectivity index (χ1v) is 8.83. The highest BCUT2D eigenvalue weighted by Gasteiger charge is 2.27. The number of anilines is 3. The second-order valence-corrected chi connectivity index (χ2v) is 6.91. The Labute approximate surface area is 141 Å². The number of benzene rings is 1. The van der Waals surface area contributed by atoms with Crippen molar-refractivity contribution >= 4 is 29.1 Å². The predicted octanol–water partition coefficient (Wildman–Crippen LogP) is 5.11. The molecule has 5 heteroatoms. The van der Waals surface area contributed by atoms with Crippen LogP contribution in [0.25, 0.3) is 0 Å². The summed E-state index contributed by atoms with van der Waals surface area (Å²) in [6, 6.07) is 10.3. The maximum Gasteiger partial charge on any atom is 0.225 e. The average molecular weight is 329 g/mol. The summed E-state index contributed by atoms with van der Waals surface area (Å²) in [6.07, 6.45) is 7.47. The molecule has 1 aromatic carbocycles. The monoisotopic (exact) mass is 328 g/mol. The molecule has 0 amide bonds. The fourth-order valence-electron chi connectivity index (χ4n) is 3.14. The third-order valence-corrected chi connectivity index (χ3v) is 4.90. The molecule has 2 N–H and O–H groups in total. The largest absolute Gasteiger partial charge is 0.351 e. The molecule has 23 heavy (non-hydrogen) atoms. The van der Waals surface area contributed by atoms with Gasteiger partial charge in [-0.15, -0.1) is 0 Å². The lowest BCUT2D eigenvalue weighted by atomic mass is 10.2. The molecule has 0 radical (unpaired) electrons. The first-order valence-electron chi connectivity index (χ1n) is 8.45. The smallest absolute Gasteiger partial charge is 0.225 e. The van der Waals surface area contributed by atoms with Gasteiger partial charge in [0.15, 0.2) is 0 Å². The van der Waals surface area contributed by atoms with E-state index in [1.807, 2.05) is 24.3 Å². The van der Waals surface area contributed by atoms with E-state index in [4.69, 9.17) is 16.6 Å². The number of nitrogens with one attached hydrogen (secondary N) is 2. The molecule has 2 aromatic rings. The highest BCUT2D eigenvalue weighted by atomic mass is 35.5. The predicted molar refractivity (Wildman–Crippen MR) is 94.6 cm³/mol. The minimum Gasteiger partial charge on any atom is -0.351 e. The summed E-state index contributed by atoms with van der Waals surface area (Å²) in [5.41, 5.74) is 2.01. The zero-order valence-corrected chi connectivity index (χ0v) is 13.8. The Hall–Kier alpha value is -1.81. The summed E-state index contributed by atoms with van der Waals surface area (Å²) < 4.78 is 0. The van der Waals surface area contributed by atoms with Gasteiger partial charge in [0.25, 0.3) is 0 Å². The van der Waals surface area contributed by atoms with Crippen LogP contribution in [-0.4, -0.2) is 16.0 Å². The van der Waals surface area contributed by atoms with Crippen LogP contribution < -0.4 is 10.6 Å². The highest BCUT2D eigenvalue weighted by molar-refractivity contribution is 6.33. The van der Waals surface area contributed by atoms with E-state index in [2.05, 4.69) is 21.7 Å². The number of para-hydroxylation sites is 1. The first-order chi connectivity index (χ1) is 11.3. The molecule has 2 saturated carbocycles. The molecule has 2 aliphatic carbocycles. The van der Waals surface area contributed by atoms with Crippen molar-refractivity contribution in [2.45, 2.75) is 50.5 Å². The van der Waals surface area contributed by atoms with Crippen LogP contribution in [0, 0.1) is 0 Å². The highest BCUT2D eigenvalue weighted by Crippen LogP contribution is 2.40. The van der Waals surface area contributed by atoms with Crippen molar-refractivity contribution < 1.29 is 0 Å². The number of hydrogen-bond acceptors (Lipinski definition) is 4. The van der Waals surface area contributed by atoms with E-state index in [9.17, 15) is 0 Å². The van der Waals surface area contributed by atoms with Gasteiger partial charge in [0, 0.05) is 18.0 Å². The fraction of sp³-hybridized carbons (Fsp3) is 0.444. The van der Waals surface area contributed by atoms with Crippen molar-refractivity contribution in [3.63, 3.8) is 0 Å². The molecule has 1 aromatic heterocycles. The van der Waals surface area contributed by atoms with Gasteiger partial charge in [-0.1, -0.05) is 36.6 Å². The minimum atomic E-state index is 0.512. The van der Waals surface area contributed by atoms with Crippen LogP contribution in [0.3, 0.4) is 0 Å². The summed E-state index contributed by atoms with van der Waals surface area (Å²) in [5.74, 6) is 2.15. The summed E-state index contributed by atoms with van der Waals surface area (Å²) >= 11 is 6.24. The molecule has 0 aliphatic heterocycles. The van der Waals surface area contributed by atoms with Crippen molar-refractivity contribution in [1.82, 2.24) is 9.97 Å². The van der Waals surface area contributed by atoms with Crippen LogP contribution in [0.1, 0.15) is 50.1 Å². The SMILES string of the molecule is Clc1ccccc1Nc1cc(C2CC2)nc(NC2CCCC2)n1. The molecule has 4 nitrogen and oxygen atoms in total. The van der Waals surface area contributed by atoms with Crippen LogP contribution in [0.2, 0.25) is 5.02 Å². The molecule has 1 heterocycles. The lowest BCUT2D eigenvalue weighted by molar-refractivity contribution is 0.742. The number of rotatable bonds is 5. The molecule has 4 rings (SSSR count). The fourth-order valence-corrected chi connectivity index (χ4v) is 3.32. The van der Waals surface area contributed by atoms with Crippen LogP contribution in [0.15, 0.2) is 30.3 Å². The van der Waals surface area contributed by atoms with Crippen LogP contribution in [0.4, 0.5) is 17.5 Å². The summed E-state index contributed by atoms with van der Waals surface area (Å²) in [6.45, 7) is 0. The molecule has 2 aliphatic rings. The molecule has 0 saturated heterocycles. The van der Waals surface area contributed by atoms with Gasteiger partial charge >= 0.3 is 0 Å². The van der Waals surface area contributed by atoms with E-state index < -0.39 is 0 Å². The van der Waals surface area contributed by atoms with Gasteiger partial charge in [-0.05, 0) is 37.8 Å². The van der Waals surface area contributed by atoms with Crippen LogP contribution in [0.5, 0.6) is 0 Å². The third-order valence-electron chi connectivity index (χ3n) is 4.57. The number of halogens is 1. The summed E-state index contributed by atoms with van der Waals surface area (Å²) in [4.78, 5) is 9.38. The Kier molecular flexibility index (Phi) is 4.08. The Morgan fingerprint density at radius 3 is 2.52 bits per heavy atom. The van der Waals surface area contributed by atoms with Crippen molar-refractivity contribution in [3.05, 3.63) is 41.0 Å². The van der Waals surface area contributed by atoms with Gasteiger partial charge in [-0.2, -0.15) is 4.98 Å². The number of hydrogen-bond donors (Lipinski definition) is 2. The quantitative estimate of drug-likeness (QED) is 0.801. The van der Waals surface area contributed by atoms with Crippen LogP contribution in [-0.2, 0) is 0 Å². The van der Waals surface area contributed by atoms with Gasteiger partial charge in [0.1, 0.15) is 5.82 Å². The Bertz CT molecular complexity index is 693. The van der Waals surface area contributed by atoms with E-state index in [1.165, 1.54) is 38.5 Å². The van der Waals surface area contributed by atoms with Crippen molar-refractivity contribution in [2.24, 2.45) is 0 Å². The lowest BCUT2D eigenvalue weighted by Crippen LogP contribution is -2.17. The first kappa shape index (κ1) is 14.8. The topological polar surface area (TPSA) is 49.8 Å². The zero-order valence-electron chi connectivity index (χ0n) is 13.1. The summed E-state index contributed by atoms with van der Waals surface area (Å²) in [7, 11) is 0. The second-order valence-electron chi connectivity index (χ2n) is 6.51. The maximum absolute atomic E-state index is 6.24. The van der Waals surface area contributed by atoms with E-state index in [1.54, 1.807) is 0 Å². The molecule has 2 fully saturated rings. The van der Waals surface area contributed by atoms with E-state index >= 15 is 0 Å². The number of nitrogens with zero attached hydrogens (tertiary/aromatic N) is 2. The summed E-state index contributed by atoms with van der Waals surface area (Å²) in [5, 5.41) is 7.55. The Morgan fingerprint density at radius 1 is 1.00 bits per heavy atom. The normalized spacial score (nSPS) is 18.1. The van der Waals surface area contributed by atoms with E-state index in [0.717, 1.165) is 23.1 Å². The lowest BCUT2D eigenvalue weighted by Gasteiger charge is -2.15. The van der Waals surface area contributed by atoms with Gasteiger partial charge < -0.3 is 10.6 Å². The molecule has 0 bridgehead atoms. The van der Waals surface area contributed by atoms with Gasteiger partial charge in [0.2, 0.25) is 5.95 Å². The van der Waals surface area contributed by atoms with Crippen molar-refractivity contribution in [1.29, 1.82) is 0 Å². The minimum absolute atomic E-state index is 0.512. The van der Waals surface area contributed by atoms with Crippen molar-refractivity contribution in [2.75, 3.05) is 10.6 Å². The maximum atomic E-state index is 6.24. The molecule has 120 valence electrons. The zero-order chi connectivity index (χ0) is 15.6. The average Bonchev–Trinajstić information content (AvgIpc) is 3.28. The van der Waals surface area contributed by atoms with E-state index in [0.29, 0.717) is 17.0 Å². The van der Waals surface area contributed by atoms with Gasteiger partial charge in [-0.3, -0.25) is 0 Å². The molecule has 0 atom stereocenters. The number of aromatic nitrogens is 2. The second kappa shape index (κ2) is 6.36. The Morgan fingerprint density at radius 2 is 1.78 bits per heavy atom. The molecular weight excluding hydrogens is 308 g/mol. The third kappa shape index (κ3) is 3.58. The van der Waals surface area contributed by atoms with Gasteiger partial charge in [0.05, 0.1) is 16.4 Å². The molecule has 0 unspecified atom stereocenters. The Balaban J connectivity index is 1.59. The molecular formula is C18H21ClN4. The van der Waals surface area contributed by atoms with Crippen molar-refractivity contribution in [3.8, 4) is 0 Å². The van der Waals surface area contributed by atoms with E-state index in [-0.39, 0.29) is 0 Å². The van der Waals surface area contributed by atoms with Crippen LogP contribution >= 0.6 is 11.6 Å². The van der Waals surface area contributed by atoms with Gasteiger partial charge in [-0.25, -0.2) is 4.98 Å².